The van der Waals surface area contributed by atoms with Crippen LogP contribution in [0.5, 0.6) is 5.75 Å². The van der Waals surface area contributed by atoms with E-state index in [4.69, 9.17) is 14.6 Å². The van der Waals surface area contributed by atoms with E-state index < -0.39 is 49.4 Å². The van der Waals surface area contributed by atoms with E-state index in [2.05, 4.69) is 0 Å². The van der Waals surface area contributed by atoms with Gasteiger partial charge in [0.25, 0.3) is 0 Å². The first-order chi connectivity index (χ1) is 17.2. The van der Waals surface area contributed by atoms with Crippen LogP contribution in [0, 0.1) is 0 Å². The number of fused-ring (bicyclic) bond motifs is 1. The van der Waals surface area contributed by atoms with E-state index in [1.54, 1.807) is 37.3 Å². The number of ether oxygens (including phenoxy) is 2. The van der Waals surface area contributed by atoms with Gasteiger partial charge in [0, 0.05) is 43.3 Å². The predicted molar refractivity (Wildman–Crippen MR) is 127 cm³/mol. The standard InChI is InChI=1S/C24H27N3O9/c1-2-35-24(34)26-9-7-25(8-10-26)20(28)13-21(29)27(14-22(30)31)17-11-16-5-3-4-6-18(16)19(12-17)36-15-23(32)33/h3-6,11-12H,2,7-10,13-15H2,1H3,(H,30,31)(H,32,33). The molecule has 0 saturated carbocycles. The van der Waals surface area contributed by atoms with Crippen LogP contribution in [0.4, 0.5) is 10.5 Å². The number of carbonyl (C=O) groups is 5. The highest BCUT2D eigenvalue weighted by Crippen LogP contribution is 2.32. The number of carboxylic acid groups (broad SMARTS) is 2. The van der Waals surface area contributed by atoms with E-state index in [0.717, 1.165) is 4.90 Å². The molecule has 0 bridgehead atoms. The molecule has 0 radical (unpaired) electrons. The van der Waals surface area contributed by atoms with Gasteiger partial charge >= 0.3 is 18.0 Å². The average Bonchev–Trinajstić information content (AvgIpc) is 2.85. The van der Waals surface area contributed by atoms with Gasteiger partial charge in [-0.3, -0.25) is 14.4 Å². The highest BCUT2D eigenvalue weighted by Gasteiger charge is 2.28. The summed E-state index contributed by atoms with van der Waals surface area (Å²) in [4.78, 5) is 64.2. The smallest absolute Gasteiger partial charge is 0.409 e. The molecule has 0 atom stereocenters. The second-order valence-electron chi connectivity index (χ2n) is 7.96. The molecule has 2 aromatic carbocycles. The molecule has 3 rings (SSSR count). The second kappa shape index (κ2) is 11.9. The lowest BCUT2D eigenvalue weighted by atomic mass is 10.1. The summed E-state index contributed by atoms with van der Waals surface area (Å²) in [5, 5.41) is 19.6. The Labute approximate surface area is 206 Å². The Morgan fingerprint density at radius 2 is 1.61 bits per heavy atom. The van der Waals surface area contributed by atoms with Gasteiger partial charge in [-0.25, -0.2) is 9.59 Å². The summed E-state index contributed by atoms with van der Waals surface area (Å²) in [6.07, 6.45) is -1.05. The van der Waals surface area contributed by atoms with Gasteiger partial charge in [0.15, 0.2) is 6.61 Å². The molecule has 0 aliphatic carbocycles. The molecule has 192 valence electrons. The SMILES string of the molecule is CCOC(=O)N1CCN(C(=O)CC(=O)N(CC(=O)O)c2cc(OCC(=O)O)c3ccccc3c2)CC1. The fourth-order valence-corrected chi connectivity index (χ4v) is 3.82. The molecule has 2 N–H and O–H groups in total. The minimum absolute atomic E-state index is 0.154. The van der Waals surface area contributed by atoms with Gasteiger partial charge in [0.2, 0.25) is 11.8 Å². The molecule has 1 heterocycles. The second-order valence-corrected chi connectivity index (χ2v) is 7.96. The number of hydrogen-bond donors (Lipinski definition) is 2. The monoisotopic (exact) mass is 501 g/mol. The fraction of sp³-hybridized carbons (Fsp3) is 0.375. The van der Waals surface area contributed by atoms with Crippen molar-refractivity contribution in [2.75, 3.05) is 50.8 Å². The van der Waals surface area contributed by atoms with Crippen LogP contribution in [0.25, 0.3) is 10.8 Å². The van der Waals surface area contributed by atoms with E-state index in [1.165, 1.54) is 15.9 Å². The number of aliphatic carboxylic acids is 2. The van der Waals surface area contributed by atoms with Gasteiger partial charge in [0.05, 0.1) is 6.61 Å². The summed E-state index contributed by atoms with van der Waals surface area (Å²) in [6.45, 7) is 1.54. The van der Waals surface area contributed by atoms with Crippen molar-refractivity contribution in [1.29, 1.82) is 0 Å². The maximum absolute atomic E-state index is 13.1. The van der Waals surface area contributed by atoms with Gasteiger partial charge in [-0.15, -0.1) is 0 Å². The van der Waals surface area contributed by atoms with Gasteiger partial charge in [0.1, 0.15) is 18.7 Å². The lowest BCUT2D eigenvalue weighted by Gasteiger charge is -2.34. The van der Waals surface area contributed by atoms with Crippen LogP contribution in [0.3, 0.4) is 0 Å². The molecule has 12 heteroatoms. The topological polar surface area (TPSA) is 154 Å². The Balaban J connectivity index is 1.78. The van der Waals surface area contributed by atoms with Crippen molar-refractivity contribution in [2.45, 2.75) is 13.3 Å². The van der Waals surface area contributed by atoms with Gasteiger partial charge in [-0.1, -0.05) is 24.3 Å². The zero-order valence-corrected chi connectivity index (χ0v) is 19.7. The fourth-order valence-electron chi connectivity index (χ4n) is 3.82. The number of carboxylic acids is 2. The molecule has 2 aromatic rings. The molecule has 12 nitrogen and oxygen atoms in total. The lowest BCUT2D eigenvalue weighted by molar-refractivity contribution is -0.140. The van der Waals surface area contributed by atoms with Crippen molar-refractivity contribution in [2.24, 2.45) is 0 Å². The number of hydrogen-bond acceptors (Lipinski definition) is 7. The van der Waals surface area contributed by atoms with Crippen LogP contribution >= 0.6 is 0 Å². The van der Waals surface area contributed by atoms with Crippen LogP contribution in [0.15, 0.2) is 36.4 Å². The number of anilines is 1. The molecule has 0 aromatic heterocycles. The van der Waals surface area contributed by atoms with Gasteiger partial charge in [-0.2, -0.15) is 0 Å². The first-order valence-corrected chi connectivity index (χ1v) is 11.3. The Hall–Kier alpha value is -4.35. The lowest BCUT2D eigenvalue weighted by Crippen LogP contribution is -2.51. The zero-order valence-electron chi connectivity index (χ0n) is 19.7. The van der Waals surface area contributed by atoms with E-state index in [1.807, 2.05) is 0 Å². The Morgan fingerprint density at radius 3 is 2.25 bits per heavy atom. The summed E-state index contributed by atoms with van der Waals surface area (Å²) >= 11 is 0. The zero-order chi connectivity index (χ0) is 26.2. The minimum Gasteiger partial charge on any atom is -0.481 e. The van der Waals surface area contributed by atoms with E-state index in [0.29, 0.717) is 10.8 Å². The molecule has 1 fully saturated rings. The van der Waals surface area contributed by atoms with E-state index in [-0.39, 0.29) is 44.2 Å². The van der Waals surface area contributed by atoms with Crippen molar-refractivity contribution in [3.8, 4) is 5.75 Å². The third-order valence-corrected chi connectivity index (χ3v) is 5.53. The van der Waals surface area contributed by atoms with E-state index >= 15 is 0 Å². The number of piperazine rings is 1. The van der Waals surface area contributed by atoms with Crippen molar-refractivity contribution in [1.82, 2.24) is 9.80 Å². The van der Waals surface area contributed by atoms with Crippen LogP contribution in [0.1, 0.15) is 13.3 Å². The van der Waals surface area contributed by atoms with Crippen molar-refractivity contribution < 1.29 is 43.7 Å². The third kappa shape index (κ3) is 6.62. The van der Waals surface area contributed by atoms with Crippen LogP contribution < -0.4 is 9.64 Å². The van der Waals surface area contributed by atoms with Crippen molar-refractivity contribution in [3.63, 3.8) is 0 Å². The molecule has 1 aliphatic heterocycles. The number of benzene rings is 2. The molecule has 36 heavy (non-hydrogen) atoms. The van der Waals surface area contributed by atoms with Crippen molar-refractivity contribution in [3.05, 3.63) is 36.4 Å². The average molecular weight is 501 g/mol. The highest BCUT2D eigenvalue weighted by molar-refractivity contribution is 6.08. The first-order valence-electron chi connectivity index (χ1n) is 11.3. The Kier molecular flexibility index (Phi) is 8.66. The number of amides is 3. The first kappa shape index (κ1) is 26.3. The number of carbonyl (C=O) groups excluding carboxylic acids is 3. The third-order valence-electron chi connectivity index (χ3n) is 5.53. The molecule has 1 saturated heterocycles. The normalized spacial score (nSPS) is 13.2. The molecule has 3 amide bonds. The summed E-state index contributed by atoms with van der Waals surface area (Å²) in [5.74, 6) is -3.57. The Morgan fingerprint density at radius 1 is 0.944 bits per heavy atom. The summed E-state index contributed by atoms with van der Waals surface area (Å²) in [7, 11) is 0. The largest absolute Gasteiger partial charge is 0.481 e. The molecule has 0 spiro atoms. The van der Waals surface area contributed by atoms with Crippen LogP contribution in [-0.2, 0) is 23.9 Å². The Bertz CT molecular complexity index is 1160. The van der Waals surface area contributed by atoms with Gasteiger partial charge in [-0.05, 0) is 18.4 Å². The molecular weight excluding hydrogens is 474 g/mol. The van der Waals surface area contributed by atoms with Gasteiger partial charge < -0.3 is 34.4 Å². The molecular formula is C24H27N3O9. The highest BCUT2D eigenvalue weighted by atomic mass is 16.6. The van der Waals surface area contributed by atoms with Crippen LogP contribution in [-0.4, -0.2) is 95.8 Å². The summed E-state index contributed by atoms with van der Waals surface area (Å²) in [6, 6.07) is 9.84. The predicted octanol–water partition coefficient (Wildman–Crippen LogP) is 1.41. The van der Waals surface area contributed by atoms with Crippen LogP contribution in [0.2, 0.25) is 0 Å². The summed E-state index contributed by atoms with van der Waals surface area (Å²) in [5.41, 5.74) is 0.154. The molecule has 1 aliphatic rings. The quantitative estimate of drug-likeness (QED) is 0.485. The molecule has 0 unspecified atom stereocenters. The van der Waals surface area contributed by atoms with Crippen molar-refractivity contribution >= 4 is 46.3 Å². The van der Waals surface area contributed by atoms with E-state index in [9.17, 15) is 29.1 Å². The maximum atomic E-state index is 13.1. The maximum Gasteiger partial charge on any atom is 0.409 e. The minimum atomic E-state index is -1.29. The number of rotatable bonds is 9. The number of nitrogens with zero attached hydrogens (tertiary/aromatic N) is 3. The summed E-state index contributed by atoms with van der Waals surface area (Å²) < 4.78 is 10.3.